The highest BCUT2D eigenvalue weighted by Crippen LogP contribution is 2.34. The van der Waals surface area contributed by atoms with Gasteiger partial charge in [-0.2, -0.15) is 0 Å². The van der Waals surface area contributed by atoms with Gasteiger partial charge in [-0.25, -0.2) is 14.4 Å². The summed E-state index contributed by atoms with van der Waals surface area (Å²) in [6.45, 7) is 0. The van der Waals surface area contributed by atoms with Crippen molar-refractivity contribution in [3.8, 4) is 0 Å². The Morgan fingerprint density at radius 1 is 1.17 bits per heavy atom. The van der Waals surface area contributed by atoms with Crippen LogP contribution in [0.1, 0.15) is 11.1 Å². The molecule has 4 rings (SSSR count). The average molecular weight is 332 g/mol. The molecule has 2 unspecified atom stereocenters. The third-order valence-electron chi connectivity index (χ3n) is 3.72. The van der Waals surface area contributed by atoms with Crippen LogP contribution in [0.15, 0.2) is 52.6 Å². The molecule has 0 saturated carbocycles. The molecule has 2 aromatic carbocycles. The third kappa shape index (κ3) is 2.27. The molecule has 23 heavy (non-hydrogen) atoms. The van der Waals surface area contributed by atoms with Gasteiger partial charge in [-0.15, -0.1) is 5.10 Å². The minimum atomic E-state index is -1.22. The van der Waals surface area contributed by atoms with Crippen LogP contribution in [0.5, 0.6) is 0 Å². The predicted octanol–water partition coefficient (Wildman–Crippen LogP) is 2.75. The van der Waals surface area contributed by atoms with E-state index in [2.05, 4.69) is 10.1 Å². The molecule has 0 aliphatic carbocycles. The van der Waals surface area contributed by atoms with Crippen LogP contribution in [0.2, 0.25) is 5.02 Å². The standard InChI is InChI=1S/C16H11ClFN3O2/c17-9-5-6-13-11(7-9)14(10-3-1-2-4-12(10)18)20-15(22)16-21(13)19-8-23-16/h1-8,15-16,22H. The van der Waals surface area contributed by atoms with Crippen molar-refractivity contribution in [2.24, 2.45) is 10.1 Å². The SMILES string of the molecule is OC1N=C(c2ccccc2F)c2cc(Cl)ccc2N2N=COC12. The summed E-state index contributed by atoms with van der Waals surface area (Å²) in [6, 6.07) is 11.4. The predicted molar refractivity (Wildman–Crippen MR) is 85.3 cm³/mol. The topological polar surface area (TPSA) is 57.4 Å². The van der Waals surface area contributed by atoms with E-state index in [-0.39, 0.29) is 5.56 Å². The summed E-state index contributed by atoms with van der Waals surface area (Å²) in [7, 11) is 0. The zero-order chi connectivity index (χ0) is 16.0. The Labute approximate surface area is 136 Å². The van der Waals surface area contributed by atoms with Crippen LogP contribution in [0, 0.1) is 5.82 Å². The summed E-state index contributed by atoms with van der Waals surface area (Å²) in [4.78, 5) is 4.26. The second-order valence-electron chi connectivity index (χ2n) is 5.12. The Morgan fingerprint density at radius 3 is 2.83 bits per heavy atom. The van der Waals surface area contributed by atoms with E-state index in [0.717, 1.165) is 0 Å². The van der Waals surface area contributed by atoms with E-state index in [1.54, 1.807) is 36.4 Å². The lowest BCUT2D eigenvalue weighted by atomic mass is 10.00. The maximum Gasteiger partial charge on any atom is 0.239 e. The van der Waals surface area contributed by atoms with E-state index < -0.39 is 18.3 Å². The molecule has 0 fully saturated rings. The van der Waals surface area contributed by atoms with Crippen LogP contribution in [0.25, 0.3) is 0 Å². The highest BCUT2D eigenvalue weighted by molar-refractivity contribution is 6.31. The molecule has 1 N–H and O–H groups in total. The number of hydrogen-bond donors (Lipinski definition) is 1. The fourth-order valence-electron chi connectivity index (χ4n) is 2.69. The molecule has 2 atom stereocenters. The molecule has 0 saturated heterocycles. The molecule has 116 valence electrons. The number of aliphatic hydroxyl groups is 1. The Hall–Kier alpha value is -2.44. The Kier molecular flexibility index (Phi) is 3.28. The summed E-state index contributed by atoms with van der Waals surface area (Å²) in [5.74, 6) is -0.434. The first-order chi connectivity index (χ1) is 11.1. The minimum Gasteiger partial charge on any atom is -0.452 e. The van der Waals surface area contributed by atoms with Crippen LogP contribution in [0.3, 0.4) is 0 Å². The minimum absolute atomic E-state index is 0.278. The summed E-state index contributed by atoms with van der Waals surface area (Å²) in [6.07, 6.45) is -0.770. The molecule has 7 heteroatoms. The van der Waals surface area contributed by atoms with Gasteiger partial charge < -0.3 is 9.84 Å². The molecule has 2 aliphatic heterocycles. The number of anilines is 1. The molecule has 0 radical (unpaired) electrons. The number of hydrogen-bond acceptors (Lipinski definition) is 5. The Bertz CT molecular complexity index is 840. The molecule has 0 spiro atoms. The molecular formula is C16H11ClFN3O2. The summed E-state index contributed by atoms with van der Waals surface area (Å²) in [5, 5.41) is 16.4. The number of aliphatic imine (C=N–C) groups is 1. The quantitative estimate of drug-likeness (QED) is 0.874. The third-order valence-corrected chi connectivity index (χ3v) is 3.95. The lowest BCUT2D eigenvalue weighted by Gasteiger charge is -2.22. The molecule has 0 aromatic heterocycles. The van der Waals surface area contributed by atoms with Gasteiger partial charge in [0.1, 0.15) is 5.82 Å². The van der Waals surface area contributed by atoms with Crippen molar-refractivity contribution in [1.29, 1.82) is 0 Å². The van der Waals surface area contributed by atoms with Gasteiger partial charge in [0.05, 0.1) is 11.4 Å². The van der Waals surface area contributed by atoms with Crippen LogP contribution in [-0.2, 0) is 4.74 Å². The molecular weight excluding hydrogens is 321 g/mol. The smallest absolute Gasteiger partial charge is 0.239 e. The van der Waals surface area contributed by atoms with Gasteiger partial charge in [-0.3, -0.25) is 0 Å². The fourth-order valence-corrected chi connectivity index (χ4v) is 2.86. The van der Waals surface area contributed by atoms with Gasteiger partial charge in [-0.1, -0.05) is 23.7 Å². The largest absolute Gasteiger partial charge is 0.452 e. The lowest BCUT2D eigenvalue weighted by Crippen LogP contribution is -2.37. The lowest BCUT2D eigenvalue weighted by molar-refractivity contribution is 0.0506. The molecule has 0 bridgehead atoms. The number of aliphatic hydroxyl groups excluding tert-OH is 1. The zero-order valence-corrected chi connectivity index (χ0v) is 12.5. The normalized spacial score (nSPS) is 22.0. The van der Waals surface area contributed by atoms with E-state index >= 15 is 0 Å². The second-order valence-corrected chi connectivity index (χ2v) is 5.56. The maximum absolute atomic E-state index is 14.2. The number of rotatable bonds is 1. The van der Waals surface area contributed by atoms with Gasteiger partial charge in [-0.05, 0) is 30.3 Å². The van der Waals surface area contributed by atoms with E-state index in [4.69, 9.17) is 16.3 Å². The van der Waals surface area contributed by atoms with Gasteiger partial charge in [0, 0.05) is 16.1 Å². The van der Waals surface area contributed by atoms with Crippen molar-refractivity contribution in [3.05, 3.63) is 64.4 Å². The van der Waals surface area contributed by atoms with Crippen molar-refractivity contribution in [1.82, 2.24) is 0 Å². The first-order valence-electron chi connectivity index (χ1n) is 6.93. The fraction of sp³-hybridized carbons (Fsp3) is 0.125. The second kappa shape index (κ2) is 5.33. The molecule has 2 aliphatic rings. The van der Waals surface area contributed by atoms with Crippen LogP contribution in [-0.4, -0.2) is 29.7 Å². The van der Waals surface area contributed by atoms with Crippen molar-refractivity contribution >= 4 is 29.4 Å². The van der Waals surface area contributed by atoms with Crippen molar-refractivity contribution < 1.29 is 14.2 Å². The van der Waals surface area contributed by atoms with Gasteiger partial charge in [0.15, 0.2) is 6.40 Å². The van der Waals surface area contributed by atoms with E-state index in [1.807, 2.05) is 0 Å². The van der Waals surface area contributed by atoms with E-state index in [0.29, 0.717) is 22.0 Å². The maximum atomic E-state index is 14.2. The van der Waals surface area contributed by atoms with Crippen molar-refractivity contribution in [3.63, 3.8) is 0 Å². The van der Waals surface area contributed by atoms with E-state index in [9.17, 15) is 9.50 Å². The Morgan fingerprint density at radius 2 is 2.00 bits per heavy atom. The van der Waals surface area contributed by atoms with Crippen LogP contribution in [0.4, 0.5) is 10.1 Å². The summed E-state index contributed by atoms with van der Waals surface area (Å²) < 4.78 is 19.5. The molecule has 2 heterocycles. The number of halogens is 2. The summed E-state index contributed by atoms with van der Waals surface area (Å²) in [5.41, 5.74) is 1.79. The van der Waals surface area contributed by atoms with Crippen molar-refractivity contribution in [2.75, 3.05) is 5.01 Å². The zero-order valence-electron chi connectivity index (χ0n) is 11.7. The number of benzene rings is 2. The molecule has 2 aromatic rings. The van der Waals surface area contributed by atoms with Crippen LogP contribution >= 0.6 is 11.6 Å². The molecule has 0 amide bonds. The average Bonchev–Trinajstić information content (AvgIpc) is 2.99. The van der Waals surface area contributed by atoms with Gasteiger partial charge in [0.25, 0.3) is 0 Å². The molecule has 5 nitrogen and oxygen atoms in total. The number of nitrogens with zero attached hydrogens (tertiary/aromatic N) is 3. The first-order valence-corrected chi connectivity index (χ1v) is 7.31. The van der Waals surface area contributed by atoms with Gasteiger partial charge in [0.2, 0.25) is 12.5 Å². The highest BCUT2D eigenvalue weighted by Gasteiger charge is 2.36. The number of hydrazone groups is 1. The Balaban J connectivity index is 1.98. The van der Waals surface area contributed by atoms with Gasteiger partial charge >= 0.3 is 0 Å². The monoisotopic (exact) mass is 331 g/mol. The van der Waals surface area contributed by atoms with E-state index in [1.165, 1.54) is 17.5 Å². The first kappa shape index (κ1) is 14.2. The number of fused-ring (bicyclic) bond motifs is 3. The van der Waals surface area contributed by atoms with Crippen molar-refractivity contribution in [2.45, 2.75) is 12.5 Å². The summed E-state index contributed by atoms with van der Waals surface area (Å²) >= 11 is 6.10. The highest BCUT2D eigenvalue weighted by atomic mass is 35.5. The van der Waals surface area contributed by atoms with Crippen LogP contribution < -0.4 is 5.01 Å². The number of ether oxygens (including phenoxy) is 1.